The quantitative estimate of drug-likeness (QED) is 0.835. The second kappa shape index (κ2) is 6.76. The molecule has 110 valence electrons. The first-order valence-corrected chi connectivity index (χ1v) is 7.45. The molecule has 4 heteroatoms. The fraction of sp³-hybridized carbons (Fsp3) is 0.235. The zero-order valence-corrected chi connectivity index (χ0v) is 14.0. The van der Waals surface area contributed by atoms with E-state index in [1.165, 1.54) is 0 Å². The number of nitrogens with zero attached hydrogens (tertiary/aromatic N) is 1. The number of rotatable bonds is 4. The van der Waals surface area contributed by atoms with Gasteiger partial charge in [0.05, 0.1) is 7.11 Å². The smallest absolute Gasteiger partial charge is 0.253 e. The van der Waals surface area contributed by atoms with Crippen LogP contribution >= 0.6 is 15.9 Å². The molecule has 0 heterocycles. The van der Waals surface area contributed by atoms with Crippen molar-refractivity contribution < 1.29 is 9.53 Å². The van der Waals surface area contributed by atoms with Crippen LogP contribution < -0.4 is 4.74 Å². The van der Waals surface area contributed by atoms with Gasteiger partial charge in [-0.1, -0.05) is 39.7 Å². The van der Waals surface area contributed by atoms with E-state index in [0.717, 1.165) is 21.3 Å². The maximum absolute atomic E-state index is 12.5. The van der Waals surface area contributed by atoms with Gasteiger partial charge in [0.1, 0.15) is 5.75 Å². The van der Waals surface area contributed by atoms with E-state index < -0.39 is 0 Å². The lowest BCUT2D eigenvalue weighted by Crippen LogP contribution is -2.26. The van der Waals surface area contributed by atoms with Crippen LogP contribution in [0.25, 0.3) is 0 Å². The fourth-order valence-corrected chi connectivity index (χ4v) is 2.60. The van der Waals surface area contributed by atoms with E-state index in [0.29, 0.717) is 12.1 Å². The number of hydrogen-bond donors (Lipinski definition) is 0. The van der Waals surface area contributed by atoms with E-state index in [-0.39, 0.29) is 5.91 Å². The number of ether oxygens (including phenoxy) is 1. The Morgan fingerprint density at radius 1 is 1.24 bits per heavy atom. The van der Waals surface area contributed by atoms with Crippen LogP contribution in [0.2, 0.25) is 0 Å². The lowest BCUT2D eigenvalue weighted by atomic mass is 10.1. The van der Waals surface area contributed by atoms with Crippen LogP contribution in [0.5, 0.6) is 5.75 Å². The van der Waals surface area contributed by atoms with E-state index >= 15 is 0 Å². The van der Waals surface area contributed by atoms with Gasteiger partial charge in [0.15, 0.2) is 0 Å². The van der Waals surface area contributed by atoms with Crippen molar-refractivity contribution in [3.05, 3.63) is 63.6 Å². The molecular formula is C17H18BrNO2. The molecule has 0 N–H and O–H groups in total. The number of carbonyl (C=O) groups excluding carboxylic acids is 1. The number of methoxy groups -OCH3 is 1. The molecule has 0 fully saturated rings. The molecule has 0 atom stereocenters. The van der Waals surface area contributed by atoms with E-state index in [1.54, 1.807) is 19.1 Å². The van der Waals surface area contributed by atoms with Crippen molar-refractivity contribution in [1.29, 1.82) is 0 Å². The summed E-state index contributed by atoms with van der Waals surface area (Å²) in [6, 6.07) is 13.4. The van der Waals surface area contributed by atoms with Crippen LogP contribution in [0.15, 0.2) is 46.9 Å². The van der Waals surface area contributed by atoms with Crippen molar-refractivity contribution in [2.45, 2.75) is 13.5 Å². The van der Waals surface area contributed by atoms with Crippen molar-refractivity contribution in [2.24, 2.45) is 0 Å². The summed E-state index contributed by atoms with van der Waals surface area (Å²) in [6.45, 7) is 2.54. The van der Waals surface area contributed by atoms with Gasteiger partial charge in [0.25, 0.3) is 5.91 Å². The van der Waals surface area contributed by atoms with E-state index in [9.17, 15) is 4.79 Å². The van der Waals surface area contributed by atoms with Gasteiger partial charge in [-0.15, -0.1) is 0 Å². The SMILES string of the molecule is COc1ccc(C)cc1CN(C)C(=O)c1cccc(Br)c1. The third-order valence-corrected chi connectivity index (χ3v) is 3.75. The summed E-state index contributed by atoms with van der Waals surface area (Å²) >= 11 is 3.39. The molecule has 0 saturated carbocycles. The molecule has 1 amide bonds. The minimum Gasteiger partial charge on any atom is -0.496 e. The minimum absolute atomic E-state index is 0.0140. The van der Waals surface area contributed by atoms with Crippen molar-refractivity contribution in [3.8, 4) is 5.75 Å². The van der Waals surface area contributed by atoms with Crippen molar-refractivity contribution in [3.63, 3.8) is 0 Å². The van der Waals surface area contributed by atoms with Gasteiger partial charge in [-0.2, -0.15) is 0 Å². The molecule has 0 spiro atoms. The molecule has 0 aliphatic rings. The van der Waals surface area contributed by atoms with Crippen molar-refractivity contribution >= 4 is 21.8 Å². The highest BCUT2D eigenvalue weighted by Crippen LogP contribution is 2.22. The van der Waals surface area contributed by atoms with Crippen LogP contribution in [0.4, 0.5) is 0 Å². The summed E-state index contributed by atoms with van der Waals surface area (Å²) in [5.41, 5.74) is 2.82. The van der Waals surface area contributed by atoms with Crippen LogP contribution in [-0.4, -0.2) is 25.0 Å². The summed E-state index contributed by atoms with van der Waals surface area (Å²) in [5, 5.41) is 0. The van der Waals surface area contributed by atoms with Crippen molar-refractivity contribution in [2.75, 3.05) is 14.2 Å². The monoisotopic (exact) mass is 347 g/mol. The number of aryl methyl sites for hydroxylation is 1. The Morgan fingerprint density at radius 3 is 2.67 bits per heavy atom. The second-order valence-electron chi connectivity index (χ2n) is 4.99. The number of benzene rings is 2. The Balaban J connectivity index is 2.19. The molecule has 0 saturated heterocycles. The predicted octanol–water partition coefficient (Wildman–Crippen LogP) is 4.04. The van der Waals surface area contributed by atoms with Gasteiger partial charge in [-0.05, 0) is 31.2 Å². The average molecular weight is 348 g/mol. The zero-order chi connectivity index (χ0) is 15.4. The lowest BCUT2D eigenvalue weighted by Gasteiger charge is -2.19. The van der Waals surface area contributed by atoms with E-state index in [2.05, 4.69) is 15.9 Å². The molecule has 3 nitrogen and oxygen atoms in total. The van der Waals surface area contributed by atoms with E-state index in [1.807, 2.05) is 49.4 Å². The molecule has 2 aromatic rings. The standard InChI is InChI=1S/C17H18BrNO2/c1-12-7-8-16(21-3)14(9-12)11-19(2)17(20)13-5-4-6-15(18)10-13/h4-10H,11H2,1-3H3. The Bertz CT molecular complexity index is 655. The van der Waals surface area contributed by atoms with Gasteiger partial charge in [0, 0.05) is 29.2 Å². The Hall–Kier alpha value is -1.81. The second-order valence-corrected chi connectivity index (χ2v) is 5.90. The highest BCUT2D eigenvalue weighted by molar-refractivity contribution is 9.10. The molecular weight excluding hydrogens is 330 g/mol. The molecule has 0 aromatic heterocycles. The summed E-state index contributed by atoms with van der Waals surface area (Å²) in [7, 11) is 3.44. The maximum Gasteiger partial charge on any atom is 0.253 e. The van der Waals surface area contributed by atoms with Gasteiger partial charge in [-0.25, -0.2) is 0 Å². The van der Waals surface area contributed by atoms with Gasteiger partial charge < -0.3 is 9.64 Å². The number of halogens is 1. The predicted molar refractivity (Wildman–Crippen MR) is 87.7 cm³/mol. The third-order valence-electron chi connectivity index (χ3n) is 3.26. The maximum atomic E-state index is 12.5. The minimum atomic E-state index is -0.0140. The van der Waals surface area contributed by atoms with Crippen molar-refractivity contribution in [1.82, 2.24) is 4.90 Å². The van der Waals surface area contributed by atoms with Crippen LogP contribution in [0.1, 0.15) is 21.5 Å². The third kappa shape index (κ3) is 3.85. The summed E-state index contributed by atoms with van der Waals surface area (Å²) in [6.07, 6.45) is 0. The molecule has 0 unspecified atom stereocenters. The topological polar surface area (TPSA) is 29.5 Å². The Labute approximate surface area is 133 Å². The molecule has 0 bridgehead atoms. The van der Waals surface area contributed by atoms with Gasteiger partial charge in [0.2, 0.25) is 0 Å². The highest BCUT2D eigenvalue weighted by Gasteiger charge is 2.14. The average Bonchev–Trinajstić information content (AvgIpc) is 2.46. The normalized spacial score (nSPS) is 10.3. The molecule has 0 aliphatic heterocycles. The molecule has 21 heavy (non-hydrogen) atoms. The van der Waals surface area contributed by atoms with Crippen LogP contribution in [-0.2, 0) is 6.54 Å². The first kappa shape index (κ1) is 15.6. The lowest BCUT2D eigenvalue weighted by molar-refractivity contribution is 0.0784. The van der Waals surface area contributed by atoms with Gasteiger partial charge >= 0.3 is 0 Å². The van der Waals surface area contributed by atoms with Gasteiger partial charge in [-0.3, -0.25) is 4.79 Å². The molecule has 0 aliphatic carbocycles. The Morgan fingerprint density at radius 2 is 2.00 bits per heavy atom. The van der Waals surface area contributed by atoms with Crippen LogP contribution in [0.3, 0.4) is 0 Å². The number of hydrogen-bond acceptors (Lipinski definition) is 2. The summed E-state index contributed by atoms with van der Waals surface area (Å²) in [5.74, 6) is 0.786. The zero-order valence-electron chi connectivity index (χ0n) is 12.4. The Kier molecular flexibility index (Phi) is 5.02. The highest BCUT2D eigenvalue weighted by atomic mass is 79.9. The molecule has 2 rings (SSSR count). The molecule has 0 radical (unpaired) electrons. The first-order valence-electron chi connectivity index (χ1n) is 6.66. The van der Waals surface area contributed by atoms with Crippen LogP contribution in [0, 0.1) is 6.92 Å². The number of amides is 1. The summed E-state index contributed by atoms with van der Waals surface area (Å²) in [4.78, 5) is 14.1. The fourth-order valence-electron chi connectivity index (χ4n) is 2.20. The first-order chi connectivity index (χ1) is 10.0. The number of carbonyl (C=O) groups is 1. The molecule has 2 aromatic carbocycles. The van der Waals surface area contributed by atoms with E-state index in [4.69, 9.17) is 4.74 Å². The largest absolute Gasteiger partial charge is 0.496 e. The summed E-state index contributed by atoms with van der Waals surface area (Å²) < 4.78 is 6.26.